The fourth-order valence-corrected chi connectivity index (χ4v) is 2.43. The van der Waals surface area contributed by atoms with E-state index in [1.165, 1.54) is 0 Å². The Labute approximate surface area is 123 Å². The monoisotopic (exact) mass is 327 g/mol. The molecule has 0 radical (unpaired) electrons. The summed E-state index contributed by atoms with van der Waals surface area (Å²) in [4.78, 5) is 15.6. The van der Waals surface area contributed by atoms with Crippen LogP contribution in [-0.2, 0) is 11.2 Å². The maximum Gasteiger partial charge on any atom is 0.341 e. The van der Waals surface area contributed by atoms with Crippen LogP contribution in [0.5, 0.6) is 0 Å². The first-order valence-electron chi connectivity index (χ1n) is 6.41. The van der Waals surface area contributed by atoms with E-state index in [1.807, 2.05) is 34.6 Å². The lowest BCUT2D eigenvalue weighted by Crippen LogP contribution is -2.24. The summed E-state index contributed by atoms with van der Waals surface area (Å²) in [6, 6.07) is 0. The van der Waals surface area contributed by atoms with Gasteiger partial charge in [-0.25, -0.2) is 4.79 Å². The van der Waals surface area contributed by atoms with E-state index in [0.29, 0.717) is 12.0 Å². The van der Waals surface area contributed by atoms with Gasteiger partial charge in [0.15, 0.2) is 0 Å². The molecule has 0 saturated heterocycles. The minimum absolute atomic E-state index is 0.220. The quantitative estimate of drug-likeness (QED) is 0.649. The van der Waals surface area contributed by atoms with Gasteiger partial charge >= 0.3 is 5.97 Å². The van der Waals surface area contributed by atoms with Crippen LogP contribution in [-0.4, -0.2) is 16.6 Å². The van der Waals surface area contributed by atoms with Gasteiger partial charge in [0.2, 0.25) is 0 Å². The molecule has 0 fully saturated rings. The van der Waals surface area contributed by atoms with E-state index in [9.17, 15) is 4.79 Å². The van der Waals surface area contributed by atoms with E-state index in [-0.39, 0.29) is 11.9 Å². The smallest absolute Gasteiger partial charge is 0.341 e. The van der Waals surface area contributed by atoms with Crippen molar-refractivity contribution in [1.82, 2.24) is 4.98 Å². The Morgan fingerprint density at radius 1 is 1.47 bits per heavy atom. The predicted octanol–water partition coefficient (Wildman–Crippen LogP) is 4.58. The Bertz CT molecular complexity index is 481. The number of H-pyrrole nitrogens is 1. The highest BCUT2D eigenvalue weighted by atomic mass is 79.9. The number of aromatic amines is 1. The van der Waals surface area contributed by atoms with Crippen molar-refractivity contribution in [2.45, 2.75) is 52.6 Å². The maximum atomic E-state index is 12.3. The minimum Gasteiger partial charge on any atom is -0.456 e. The van der Waals surface area contributed by atoms with Crippen molar-refractivity contribution < 1.29 is 9.53 Å². The van der Waals surface area contributed by atoms with Gasteiger partial charge in [-0.05, 0) is 42.6 Å². The normalized spacial score (nSPS) is 11.7. The van der Waals surface area contributed by atoms with Crippen LogP contribution in [0.25, 0.3) is 0 Å². The summed E-state index contributed by atoms with van der Waals surface area (Å²) in [7, 11) is 0. The highest BCUT2D eigenvalue weighted by Crippen LogP contribution is 2.31. The first-order valence-corrected chi connectivity index (χ1v) is 7.21. The molecular formula is C15H22BrNO2. The van der Waals surface area contributed by atoms with E-state index in [2.05, 4.69) is 27.5 Å². The molecule has 106 valence electrons. The minimum atomic E-state index is -0.499. The van der Waals surface area contributed by atoms with E-state index in [1.54, 1.807) is 6.08 Å². The largest absolute Gasteiger partial charge is 0.456 e. The number of ether oxygens (including phenoxy) is 1. The third kappa shape index (κ3) is 3.96. The summed E-state index contributed by atoms with van der Waals surface area (Å²) >= 11 is 3.50. The Morgan fingerprint density at radius 3 is 2.47 bits per heavy atom. The molecular weight excluding hydrogens is 306 g/mol. The molecule has 0 atom stereocenters. The molecule has 19 heavy (non-hydrogen) atoms. The van der Waals surface area contributed by atoms with Crippen molar-refractivity contribution in [3.63, 3.8) is 0 Å². The molecule has 3 nitrogen and oxygen atoms in total. The standard InChI is InChI=1S/C15H22BrNO2/c1-7-8-10-12(16)11(13(17-10)9(2)3)14(18)19-15(4,5)6/h7,9,17H,1,8H2,2-6H3. The van der Waals surface area contributed by atoms with E-state index >= 15 is 0 Å². The number of carbonyl (C=O) groups is 1. The van der Waals surface area contributed by atoms with Crippen LogP contribution >= 0.6 is 15.9 Å². The second-order valence-corrected chi connectivity index (χ2v) is 6.65. The van der Waals surface area contributed by atoms with Crippen LogP contribution in [0, 0.1) is 0 Å². The molecule has 0 unspecified atom stereocenters. The van der Waals surface area contributed by atoms with Gasteiger partial charge in [-0.3, -0.25) is 0 Å². The molecule has 0 aliphatic rings. The second-order valence-electron chi connectivity index (χ2n) is 5.86. The average molecular weight is 328 g/mol. The van der Waals surface area contributed by atoms with Crippen molar-refractivity contribution >= 4 is 21.9 Å². The number of halogens is 1. The van der Waals surface area contributed by atoms with Crippen LogP contribution in [0.4, 0.5) is 0 Å². The first-order chi connectivity index (χ1) is 8.67. The summed E-state index contributed by atoms with van der Waals surface area (Å²) in [5.74, 6) is -0.0768. The lowest BCUT2D eigenvalue weighted by Gasteiger charge is -2.20. The summed E-state index contributed by atoms with van der Waals surface area (Å²) in [6.45, 7) is 13.4. The van der Waals surface area contributed by atoms with Crippen molar-refractivity contribution in [3.8, 4) is 0 Å². The second kappa shape index (κ2) is 5.95. The topological polar surface area (TPSA) is 42.1 Å². The van der Waals surface area contributed by atoms with E-state index in [0.717, 1.165) is 15.9 Å². The van der Waals surface area contributed by atoms with Gasteiger partial charge in [0.05, 0.1) is 10.0 Å². The molecule has 1 rings (SSSR count). The van der Waals surface area contributed by atoms with Crippen molar-refractivity contribution in [2.24, 2.45) is 0 Å². The number of hydrogen-bond donors (Lipinski definition) is 1. The number of esters is 1. The van der Waals surface area contributed by atoms with Gasteiger partial charge in [-0.1, -0.05) is 19.9 Å². The van der Waals surface area contributed by atoms with Crippen LogP contribution in [0.1, 0.15) is 62.3 Å². The van der Waals surface area contributed by atoms with Gasteiger partial charge in [0, 0.05) is 17.8 Å². The number of hydrogen-bond acceptors (Lipinski definition) is 2. The average Bonchev–Trinajstić information content (AvgIpc) is 2.54. The third-order valence-corrected chi connectivity index (χ3v) is 3.44. The molecule has 1 aromatic heterocycles. The molecule has 1 N–H and O–H groups in total. The molecule has 0 spiro atoms. The fourth-order valence-electron chi connectivity index (χ4n) is 1.80. The molecule has 0 aromatic carbocycles. The first kappa shape index (κ1) is 16.0. The Morgan fingerprint density at radius 2 is 2.05 bits per heavy atom. The van der Waals surface area contributed by atoms with Crippen molar-refractivity contribution in [2.75, 3.05) is 0 Å². The van der Waals surface area contributed by atoms with Gasteiger partial charge < -0.3 is 9.72 Å². The van der Waals surface area contributed by atoms with Crippen molar-refractivity contribution in [3.05, 3.63) is 34.1 Å². The van der Waals surface area contributed by atoms with Crippen LogP contribution in [0.2, 0.25) is 0 Å². The third-order valence-electron chi connectivity index (χ3n) is 2.57. The fraction of sp³-hybridized carbons (Fsp3) is 0.533. The highest BCUT2D eigenvalue weighted by molar-refractivity contribution is 9.10. The zero-order valence-corrected chi connectivity index (χ0v) is 13.8. The summed E-state index contributed by atoms with van der Waals surface area (Å²) in [5.41, 5.74) is 1.96. The molecule has 1 heterocycles. The van der Waals surface area contributed by atoms with Crippen LogP contribution in [0.3, 0.4) is 0 Å². The number of nitrogens with one attached hydrogen (secondary N) is 1. The molecule has 0 aliphatic carbocycles. The molecule has 1 aromatic rings. The molecule has 0 aliphatic heterocycles. The van der Waals surface area contributed by atoms with Gasteiger partial charge in [-0.2, -0.15) is 0 Å². The van der Waals surface area contributed by atoms with Crippen molar-refractivity contribution in [1.29, 1.82) is 0 Å². The molecule has 4 heteroatoms. The van der Waals surface area contributed by atoms with Gasteiger partial charge in [-0.15, -0.1) is 6.58 Å². The van der Waals surface area contributed by atoms with E-state index in [4.69, 9.17) is 4.74 Å². The molecule has 0 amide bonds. The lowest BCUT2D eigenvalue weighted by atomic mass is 10.1. The van der Waals surface area contributed by atoms with Gasteiger partial charge in [0.25, 0.3) is 0 Å². The van der Waals surface area contributed by atoms with E-state index < -0.39 is 5.60 Å². The summed E-state index contributed by atoms with van der Waals surface area (Å²) < 4.78 is 6.25. The Kier molecular flexibility index (Phi) is 5.02. The number of allylic oxidation sites excluding steroid dienone is 1. The number of aromatic nitrogens is 1. The Balaban J connectivity index is 3.24. The lowest BCUT2D eigenvalue weighted by molar-refractivity contribution is 0.00671. The molecule has 0 saturated carbocycles. The van der Waals surface area contributed by atoms with Gasteiger partial charge in [0.1, 0.15) is 5.60 Å². The molecule has 0 bridgehead atoms. The summed E-state index contributed by atoms with van der Waals surface area (Å²) in [6.07, 6.45) is 2.49. The van der Waals surface area contributed by atoms with Crippen LogP contribution < -0.4 is 0 Å². The highest BCUT2D eigenvalue weighted by Gasteiger charge is 2.27. The zero-order chi connectivity index (χ0) is 14.8. The maximum absolute atomic E-state index is 12.3. The van der Waals surface area contributed by atoms with Crippen LogP contribution in [0.15, 0.2) is 17.1 Å². The number of rotatable bonds is 4. The zero-order valence-electron chi connectivity index (χ0n) is 12.3. The summed E-state index contributed by atoms with van der Waals surface area (Å²) in [5, 5.41) is 0. The SMILES string of the molecule is C=CCc1[nH]c(C(C)C)c(C(=O)OC(C)(C)C)c1Br. The predicted molar refractivity (Wildman–Crippen MR) is 81.7 cm³/mol. The number of carbonyl (C=O) groups excluding carboxylic acids is 1. The Hall–Kier alpha value is -1.03.